The highest BCUT2D eigenvalue weighted by Gasteiger charge is 2.32. The van der Waals surface area contributed by atoms with E-state index in [1.807, 2.05) is 24.5 Å². The lowest BCUT2D eigenvalue weighted by Crippen LogP contribution is -2.44. The molecular formula is C25H29N3. The second-order valence-electron chi connectivity index (χ2n) is 7.74. The van der Waals surface area contributed by atoms with Gasteiger partial charge in [-0.2, -0.15) is 0 Å². The third-order valence-electron chi connectivity index (χ3n) is 6.11. The SMILES string of the molecule is C=C/C=C(\C=C)C(c1ccccc1)N1CCC(N2Cc3ccncc3C2)CC1. The Kier molecular flexibility index (Phi) is 5.84. The van der Waals surface area contributed by atoms with Crippen LogP contribution in [0.15, 0.2) is 85.8 Å². The molecule has 1 unspecified atom stereocenters. The number of pyridine rings is 1. The minimum atomic E-state index is 0.248. The Balaban J connectivity index is 1.47. The van der Waals surface area contributed by atoms with Gasteiger partial charge in [-0.15, -0.1) is 0 Å². The van der Waals surface area contributed by atoms with Crippen LogP contribution in [0.2, 0.25) is 0 Å². The van der Waals surface area contributed by atoms with Crippen molar-refractivity contribution in [2.45, 2.75) is 38.0 Å². The van der Waals surface area contributed by atoms with Gasteiger partial charge in [0.05, 0.1) is 6.04 Å². The number of fused-ring (bicyclic) bond motifs is 1. The molecule has 1 fully saturated rings. The Morgan fingerprint density at radius 3 is 2.46 bits per heavy atom. The first kappa shape index (κ1) is 18.9. The fourth-order valence-corrected chi connectivity index (χ4v) is 4.67. The Morgan fingerprint density at radius 2 is 1.79 bits per heavy atom. The molecular weight excluding hydrogens is 342 g/mol. The fourth-order valence-electron chi connectivity index (χ4n) is 4.67. The summed E-state index contributed by atoms with van der Waals surface area (Å²) in [5.74, 6) is 0. The van der Waals surface area contributed by atoms with E-state index in [1.54, 1.807) is 0 Å². The molecule has 28 heavy (non-hydrogen) atoms. The summed E-state index contributed by atoms with van der Waals surface area (Å²) in [5, 5.41) is 0. The van der Waals surface area contributed by atoms with Crippen LogP contribution in [0.3, 0.4) is 0 Å². The van der Waals surface area contributed by atoms with Gasteiger partial charge in [0.2, 0.25) is 0 Å². The van der Waals surface area contributed by atoms with Gasteiger partial charge in [0, 0.05) is 44.6 Å². The van der Waals surface area contributed by atoms with E-state index in [0.717, 1.165) is 26.2 Å². The second kappa shape index (κ2) is 8.68. The van der Waals surface area contributed by atoms with Gasteiger partial charge in [-0.1, -0.05) is 61.7 Å². The van der Waals surface area contributed by atoms with Gasteiger partial charge in [-0.05, 0) is 41.2 Å². The van der Waals surface area contributed by atoms with Crippen molar-refractivity contribution >= 4 is 0 Å². The van der Waals surface area contributed by atoms with E-state index in [1.165, 1.54) is 35.1 Å². The van der Waals surface area contributed by atoms with Crippen LogP contribution in [0.5, 0.6) is 0 Å². The fraction of sp³-hybridized carbons (Fsp3) is 0.320. The van der Waals surface area contributed by atoms with Crippen molar-refractivity contribution in [3.05, 3.63) is 102 Å². The topological polar surface area (TPSA) is 19.4 Å². The highest BCUT2D eigenvalue weighted by molar-refractivity contribution is 5.36. The lowest BCUT2D eigenvalue weighted by molar-refractivity contribution is 0.0910. The van der Waals surface area contributed by atoms with Crippen LogP contribution in [0, 0.1) is 0 Å². The van der Waals surface area contributed by atoms with E-state index in [4.69, 9.17) is 0 Å². The number of piperidine rings is 1. The summed E-state index contributed by atoms with van der Waals surface area (Å²) in [7, 11) is 0. The van der Waals surface area contributed by atoms with Gasteiger partial charge >= 0.3 is 0 Å². The van der Waals surface area contributed by atoms with Gasteiger partial charge in [0.25, 0.3) is 0 Å². The van der Waals surface area contributed by atoms with Crippen molar-refractivity contribution in [3.8, 4) is 0 Å². The number of likely N-dealkylation sites (tertiary alicyclic amines) is 1. The van der Waals surface area contributed by atoms with E-state index in [-0.39, 0.29) is 6.04 Å². The van der Waals surface area contributed by atoms with Crippen LogP contribution < -0.4 is 0 Å². The highest BCUT2D eigenvalue weighted by atomic mass is 15.2. The first-order valence-corrected chi connectivity index (χ1v) is 10.2. The van der Waals surface area contributed by atoms with Crippen LogP contribution in [-0.2, 0) is 13.1 Å². The average molecular weight is 372 g/mol. The Labute approximate surface area is 168 Å². The molecule has 2 aromatic rings. The van der Waals surface area contributed by atoms with Crippen LogP contribution in [0.25, 0.3) is 0 Å². The monoisotopic (exact) mass is 371 g/mol. The molecule has 0 aliphatic carbocycles. The summed E-state index contributed by atoms with van der Waals surface area (Å²) in [6.07, 6.45) is 12.3. The molecule has 1 aromatic heterocycles. The molecule has 0 radical (unpaired) electrons. The molecule has 4 rings (SSSR count). The number of benzene rings is 1. The molecule has 3 heteroatoms. The second-order valence-corrected chi connectivity index (χ2v) is 7.74. The zero-order chi connectivity index (χ0) is 19.3. The van der Waals surface area contributed by atoms with Crippen molar-refractivity contribution in [2.24, 2.45) is 0 Å². The molecule has 1 saturated heterocycles. The summed E-state index contributed by atoms with van der Waals surface area (Å²) in [6, 6.07) is 13.8. The number of allylic oxidation sites excluding steroid dienone is 2. The molecule has 3 nitrogen and oxygen atoms in total. The first-order chi connectivity index (χ1) is 13.8. The summed E-state index contributed by atoms with van der Waals surface area (Å²) >= 11 is 0. The number of rotatable bonds is 6. The summed E-state index contributed by atoms with van der Waals surface area (Å²) < 4.78 is 0. The smallest absolute Gasteiger partial charge is 0.0601 e. The molecule has 0 N–H and O–H groups in total. The van der Waals surface area contributed by atoms with E-state index in [2.05, 4.69) is 70.4 Å². The molecule has 2 aliphatic rings. The number of aromatic nitrogens is 1. The summed E-state index contributed by atoms with van der Waals surface area (Å²) in [4.78, 5) is 9.53. The number of hydrogen-bond acceptors (Lipinski definition) is 3. The predicted octanol–water partition coefficient (Wildman–Crippen LogP) is 4.90. The van der Waals surface area contributed by atoms with E-state index < -0.39 is 0 Å². The Bertz CT molecular complexity index is 822. The van der Waals surface area contributed by atoms with Crippen LogP contribution in [-0.4, -0.2) is 33.9 Å². The molecule has 0 spiro atoms. The third kappa shape index (κ3) is 3.87. The molecule has 3 heterocycles. The van der Waals surface area contributed by atoms with Crippen LogP contribution in [0.1, 0.15) is 35.6 Å². The Morgan fingerprint density at radius 1 is 1.04 bits per heavy atom. The third-order valence-corrected chi connectivity index (χ3v) is 6.11. The van der Waals surface area contributed by atoms with Gasteiger partial charge in [0.1, 0.15) is 0 Å². The lowest BCUT2D eigenvalue weighted by Gasteiger charge is -2.41. The molecule has 0 amide bonds. The molecule has 0 saturated carbocycles. The van der Waals surface area contributed by atoms with Crippen molar-refractivity contribution < 1.29 is 0 Å². The van der Waals surface area contributed by atoms with Crippen molar-refractivity contribution in [3.63, 3.8) is 0 Å². The molecule has 144 valence electrons. The lowest BCUT2D eigenvalue weighted by atomic mass is 9.93. The maximum Gasteiger partial charge on any atom is 0.0601 e. The summed E-state index contributed by atoms with van der Waals surface area (Å²) in [6.45, 7) is 12.3. The predicted molar refractivity (Wildman–Crippen MR) is 116 cm³/mol. The maximum atomic E-state index is 4.29. The Hall–Kier alpha value is -2.49. The number of hydrogen-bond donors (Lipinski definition) is 0. The molecule has 2 aliphatic heterocycles. The minimum Gasteiger partial charge on any atom is -0.292 e. The average Bonchev–Trinajstić information content (AvgIpc) is 3.19. The molecule has 1 atom stereocenters. The summed E-state index contributed by atoms with van der Waals surface area (Å²) in [5.41, 5.74) is 5.39. The van der Waals surface area contributed by atoms with Gasteiger partial charge in [-0.3, -0.25) is 14.8 Å². The minimum absolute atomic E-state index is 0.248. The van der Waals surface area contributed by atoms with E-state index in [9.17, 15) is 0 Å². The van der Waals surface area contributed by atoms with Crippen molar-refractivity contribution in [2.75, 3.05) is 13.1 Å². The maximum absolute atomic E-state index is 4.29. The standard InChI is InChI=1S/C25H29N3/c1-3-8-20(4-2)25(21-9-6-5-7-10-21)27-15-12-24(13-16-27)28-18-22-11-14-26-17-23(22)19-28/h3-11,14,17,24-25H,1-2,12-13,15-16,18-19H2/b20-8+. The van der Waals surface area contributed by atoms with Gasteiger partial charge < -0.3 is 0 Å². The zero-order valence-electron chi connectivity index (χ0n) is 16.5. The van der Waals surface area contributed by atoms with Crippen molar-refractivity contribution in [1.29, 1.82) is 0 Å². The van der Waals surface area contributed by atoms with Gasteiger partial charge in [-0.25, -0.2) is 0 Å². The first-order valence-electron chi connectivity index (χ1n) is 10.2. The van der Waals surface area contributed by atoms with E-state index >= 15 is 0 Å². The zero-order valence-corrected chi connectivity index (χ0v) is 16.5. The van der Waals surface area contributed by atoms with Crippen LogP contribution in [0.4, 0.5) is 0 Å². The van der Waals surface area contributed by atoms with Crippen molar-refractivity contribution in [1.82, 2.24) is 14.8 Å². The molecule has 1 aromatic carbocycles. The van der Waals surface area contributed by atoms with Gasteiger partial charge in [0.15, 0.2) is 0 Å². The largest absolute Gasteiger partial charge is 0.292 e. The number of nitrogens with zero attached hydrogens (tertiary/aromatic N) is 3. The quantitative estimate of drug-likeness (QED) is 0.673. The van der Waals surface area contributed by atoms with E-state index in [0.29, 0.717) is 6.04 Å². The highest BCUT2D eigenvalue weighted by Crippen LogP contribution is 2.34. The normalized spacial score (nSPS) is 19.9. The van der Waals surface area contributed by atoms with Crippen LogP contribution >= 0.6 is 0 Å². The molecule has 0 bridgehead atoms.